The van der Waals surface area contributed by atoms with Crippen LogP contribution in [0.25, 0.3) is 0 Å². The number of benzene rings is 1. The predicted molar refractivity (Wildman–Crippen MR) is 69.4 cm³/mol. The number of halogens is 1. The van der Waals surface area contributed by atoms with Gasteiger partial charge in [0.15, 0.2) is 0 Å². The van der Waals surface area contributed by atoms with E-state index in [0.29, 0.717) is 18.9 Å². The third-order valence-electron chi connectivity index (χ3n) is 3.44. The summed E-state index contributed by atoms with van der Waals surface area (Å²) in [5.74, 6) is 0.361. The van der Waals surface area contributed by atoms with Crippen molar-refractivity contribution < 1.29 is 9.84 Å². The Morgan fingerprint density at radius 1 is 1.47 bits per heavy atom. The number of hydrogen-bond donors (Lipinski definition) is 1. The molecule has 0 spiro atoms. The first-order valence-corrected chi connectivity index (χ1v) is 6.39. The summed E-state index contributed by atoms with van der Waals surface area (Å²) in [6.45, 7) is 2.39. The van der Waals surface area contributed by atoms with Crippen LogP contribution in [0.1, 0.15) is 24.0 Å². The summed E-state index contributed by atoms with van der Waals surface area (Å²) < 4.78 is 5.15. The molecule has 0 radical (unpaired) electrons. The monoisotopic (exact) mass is 254 g/mol. The minimum Gasteiger partial charge on any atom is -0.387 e. The van der Waals surface area contributed by atoms with E-state index < -0.39 is 5.60 Å². The van der Waals surface area contributed by atoms with Gasteiger partial charge < -0.3 is 9.84 Å². The lowest BCUT2D eigenvalue weighted by Gasteiger charge is -2.28. The van der Waals surface area contributed by atoms with Crippen LogP contribution < -0.4 is 0 Å². The van der Waals surface area contributed by atoms with Gasteiger partial charge in [0.1, 0.15) is 0 Å². The van der Waals surface area contributed by atoms with Crippen LogP contribution in [0.5, 0.6) is 0 Å². The molecule has 1 aromatic carbocycles. The van der Waals surface area contributed by atoms with Crippen molar-refractivity contribution in [1.29, 1.82) is 0 Å². The van der Waals surface area contributed by atoms with Gasteiger partial charge in [-0.15, -0.1) is 0 Å². The fraction of sp³-hybridized carbons (Fsp3) is 0.571. The molecule has 94 valence electrons. The van der Waals surface area contributed by atoms with Crippen LogP contribution in [-0.2, 0) is 11.2 Å². The second-order valence-corrected chi connectivity index (χ2v) is 5.49. The number of rotatable bonds is 5. The van der Waals surface area contributed by atoms with Gasteiger partial charge in [-0.1, -0.05) is 23.7 Å². The quantitative estimate of drug-likeness (QED) is 0.875. The zero-order chi connectivity index (χ0) is 12.5. The maximum absolute atomic E-state index is 10.6. The maximum Gasteiger partial charge on any atom is 0.0948 e. The Kier molecular flexibility index (Phi) is 3.76. The van der Waals surface area contributed by atoms with Crippen LogP contribution in [0, 0.1) is 12.8 Å². The number of aliphatic hydroxyl groups is 1. The first kappa shape index (κ1) is 12.9. The average Bonchev–Trinajstić information content (AvgIpc) is 3.06. The highest BCUT2D eigenvalue weighted by molar-refractivity contribution is 6.31. The summed E-state index contributed by atoms with van der Waals surface area (Å²) in [5.41, 5.74) is 1.39. The SMILES string of the molecule is COCC(O)(Cc1ccc(C)cc1Cl)C1CC1. The lowest BCUT2D eigenvalue weighted by atomic mass is 9.90. The minimum absolute atomic E-state index is 0.361. The van der Waals surface area contributed by atoms with Crippen LogP contribution >= 0.6 is 11.6 Å². The van der Waals surface area contributed by atoms with E-state index in [2.05, 4.69) is 0 Å². The van der Waals surface area contributed by atoms with Crippen molar-refractivity contribution in [2.45, 2.75) is 31.8 Å². The van der Waals surface area contributed by atoms with E-state index in [1.165, 1.54) is 0 Å². The summed E-state index contributed by atoms with van der Waals surface area (Å²) in [7, 11) is 1.63. The van der Waals surface area contributed by atoms with E-state index in [9.17, 15) is 5.11 Å². The van der Waals surface area contributed by atoms with Crippen molar-refractivity contribution in [2.75, 3.05) is 13.7 Å². The molecule has 2 nitrogen and oxygen atoms in total. The largest absolute Gasteiger partial charge is 0.387 e. The highest BCUT2D eigenvalue weighted by Gasteiger charge is 2.44. The van der Waals surface area contributed by atoms with Gasteiger partial charge in [0.25, 0.3) is 0 Å². The summed E-state index contributed by atoms with van der Waals surface area (Å²) in [6, 6.07) is 5.97. The molecule has 1 aromatic rings. The van der Waals surface area contributed by atoms with Gasteiger partial charge in [-0.25, -0.2) is 0 Å². The third kappa shape index (κ3) is 3.01. The zero-order valence-corrected chi connectivity index (χ0v) is 11.1. The lowest BCUT2D eigenvalue weighted by molar-refractivity contribution is -0.0474. The summed E-state index contributed by atoms with van der Waals surface area (Å²) in [6.07, 6.45) is 2.75. The molecule has 0 amide bonds. The van der Waals surface area contributed by atoms with E-state index in [4.69, 9.17) is 16.3 Å². The van der Waals surface area contributed by atoms with Crippen LogP contribution in [0.3, 0.4) is 0 Å². The number of ether oxygens (including phenoxy) is 1. The average molecular weight is 255 g/mol. The molecule has 1 fully saturated rings. The van der Waals surface area contributed by atoms with E-state index in [-0.39, 0.29) is 0 Å². The summed E-state index contributed by atoms with van der Waals surface area (Å²) in [5, 5.41) is 11.4. The topological polar surface area (TPSA) is 29.5 Å². The second-order valence-electron chi connectivity index (χ2n) is 5.08. The van der Waals surface area contributed by atoms with Gasteiger partial charge in [-0.3, -0.25) is 0 Å². The molecule has 0 heterocycles. The summed E-state index contributed by atoms with van der Waals surface area (Å²) >= 11 is 6.21. The van der Waals surface area contributed by atoms with Crippen LogP contribution in [0.4, 0.5) is 0 Å². The van der Waals surface area contributed by atoms with Crippen molar-refractivity contribution >= 4 is 11.6 Å². The molecule has 0 saturated heterocycles. The van der Waals surface area contributed by atoms with Gasteiger partial charge in [0, 0.05) is 18.6 Å². The number of hydrogen-bond acceptors (Lipinski definition) is 2. The fourth-order valence-electron chi connectivity index (χ4n) is 2.31. The maximum atomic E-state index is 10.6. The molecule has 0 aromatic heterocycles. The van der Waals surface area contributed by atoms with Crippen LogP contribution in [0.2, 0.25) is 5.02 Å². The molecule has 1 unspecified atom stereocenters. The van der Waals surface area contributed by atoms with E-state index >= 15 is 0 Å². The molecular weight excluding hydrogens is 236 g/mol. The van der Waals surface area contributed by atoms with Crippen molar-refractivity contribution in [3.63, 3.8) is 0 Å². The molecule has 0 aliphatic heterocycles. The Hall–Kier alpha value is -0.570. The predicted octanol–water partition coefficient (Wildman–Crippen LogP) is 2.98. The molecule has 17 heavy (non-hydrogen) atoms. The molecule has 0 bridgehead atoms. The smallest absolute Gasteiger partial charge is 0.0948 e. The standard InChI is InChI=1S/C14H19ClO2/c1-10-3-4-11(13(15)7-10)8-14(16,9-17-2)12-5-6-12/h3-4,7,12,16H,5-6,8-9H2,1-2H3. The van der Waals surface area contributed by atoms with Gasteiger partial charge in [-0.05, 0) is 42.9 Å². The molecular formula is C14H19ClO2. The first-order chi connectivity index (χ1) is 8.05. The molecule has 1 atom stereocenters. The number of aryl methyl sites for hydroxylation is 1. The Bertz CT molecular complexity index is 401. The molecule has 3 heteroatoms. The molecule has 1 aliphatic carbocycles. The molecule has 1 aliphatic rings. The Morgan fingerprint density at radius 2 is 2.18 bits per heavy atom. The molecule has 1 saturated carbocycles. The van der Waals surface area contributed by atoms with Crippen LogP contribution in [0.15, 0.2) is 18.2 Å². The Morgan fingerprint density at radius 3 is 2.71 bits per heavy atom. The summed E-state index contributed by atoms with van der Waals surface area (Å²) in [4.78, 5) is 0. The minimum atomic E-state index is -0.756. The van der Waals surface area contributed by atoms with Crippen molar-refractivity contribution in [1.82, 2.24) is 0 Å². The van der Waals surface area contributed by atoms with Crippen molar-refractivity contribution in [3.8, 4) is 0 Å². The van der Waals surface area contributed by atoms with E-state index in [1.807, 2.05) is 25.1 Å². The lowest BCUT2D eigenvalue weighted by Crippen LogP contribution is -2.39. The Balaban J connectivity index is 2.17. The molecule has 1 N–H and O–H groups in total. The van der Waals surface area contributed by atoms with Crippen molar-refractivity contribution in [2.24, 2.45) is 5.92 Å². The van der Waals surface area contributed by atoms with Gasteiger partial charge in [0.2, 0.25) is 0 Å². The second kappa shape index (κ2) is 4.97. The Labute approximate surface area is 108 Å². The van der Waals surface area contributed by atoms with Gasteiger partial charge in [0.05, 0.1) is 12.2 Å². The van der Waals surface area contributed by atoms with Crippen LogP contribution in [-0.4, -0.2) is 24.4 Å². The third-order valence-corrected chi connectivity index (χ3v) is 3.79. The highest BCUT2D eigenvalue weighted by atomic mass is 35.5. The van der Waals surface area contributed by atoms with Gasteiger partial charge >= 0.3 is 0 Å². The highest BCUT2D eigenvalue weighted by Crippen LogP contribution is 2.42. The van der Waals surface area contributed by atoms with Crippen molar-refractivity contribution in [3.05, 3.63) is 34.3 Å². The van der Waals surface area contributed by atoms with E-state index in [0.717, 1.165) is 29.0 Å². The first-order valence-electron chi connectivity index (χ1n) is 6.01. The molecule has 2 rings (SSSR count). The number of methoxy groups -OCH3 is 1. The normalized spacial score (nSPS) is 19.1. The fourth-order valence-corrected chi connectivity index (χ4v) is 2.61. The zero-order valence-electron chi connectivity index (χ0n) is 10.4. The van der Waals surface area contributed by atoms with E-state index in [1.54, 1.807) is 7.11 Å². The van der Waals surface area contributed by atoms with Gasteiger partial charge in [-0.2, -0.15) is 0 Å².